The van der Waals surface area contributed by atoms with Crippen molar-refractivity contribution in [2.45, 2.75) is 19.4 Å². The maximum atomic E-state index is 11.7. The molecule has 1 N–H and O–H groups in total. The topological polar surface area (TPSA) is 47.6 Å². The monoisotopic (exact) mass is 249 g/mol. The van der Waals surface area contributed by atoms with E-state index in [9.17, 15) is 4.79 Å². The van der Waals surface area contributed by atoms with Crippen LogP contribution in [0.25, 0.3) is 0 Å². The molecule has 0 radical (unpaired) electrons. The summed E-state index contributed by atoms with van der Waals surface area (Å²) in [5, 5.41) is 3.11. The van der Waals surface area contributed by atoms with Gasteiger partial charge in [-0.1, -0.05) is 6.08 Å². The quantitative estimate of drug-likeness (QED) is 0.596. The van der Waals surface area contributed by atoms with Crippen LogP contribution in [-0.2, 0) is 9.53 Å². The van der Waals surface area contributed by atoms with Crippen LogP contribution in [0.4, 0.5) is 5.69 Å². The molecule has 18 heavy (non-hydrogen) atoms. The number of esters is 1. The van der Waals surface area contributed by atoms with E-state index in [0.717, 1.165) is 11.4 Å². The van der Waals surface area contributed by atoms with Gasteiger partial charge in [0.25, 0.3) is 0 Å². The third-order valence-corrected chi connectivity index (χ3v) is 2.40. The predicted octanol–water partition coefficient (Wildman–Crippen LogP) is 2.61. The van der Waals surface area contributed by atoms with E-state index >= 15 is 0 Å². The number of methoxy groups -OCH3 is 1. The minimum Gasteiger partial charge on any atom is -0.497 e. The van der Waals surface area contributed by atoms with Crippen molar-refractivity contribution in [1.82, 2.24) is 0 Å². The first-order valence-corrected chi connectivity index (χ1v) is 5.89. The fourth-order valence-corrected chi connectivity index (χ4v) is 1.51. The SMILES string of the molecule is C=CCC(Nc1ccc(OC)cc1)C(=O)OCC. The summed E-state index contributed by atoms with van der Waals surface area (Å²) in [7, 11) is 1.61. The molecule has 0 aromatic heterocycles. The van der Waals surface area contributed by atoms with Gasteiger partial charge in [0.2, 0.25) is 0 Å². The average Bonchev–Trinajstić information content (AvgIpc) is 2.39. The zero-order chi connectivity index (χ0) is 13.4. The Morgan fingerprint density at radius 3 is 2.61 bits per heavy atom. The number of ether oxygens (including phenoxy) is 2. The summed E-state index contributed by atoms with van der Waals surface area (Å²) in [5.41, 5.74) is 0.843. The fraction of sp³-hybridized carbons (Fsp3) is 0.357. The molecule has 4 heteroatoms. The van der Waals surface area contributed by atoms with E-state index < -0.39 is 6.04 Å². The molecule has 1 atom stereocenters. The third-order valence-electron chi connectivity index (χ3n) is 2.40. The second-order valence-corrected chi connectivity index (χ2v) is 3.70. The first kappa shape index (κ1) is 14.1. The predicted molar refractivity (Wildman–Crippen MR) is 71.9 cm³/mol. The highest BCUT2D eigenvalue weighted by molar-refractivity contribution is 5.79. The van der Waals surface area contributed by atoms with Gasteiger partial charge in [-0.3, -0.25) is 0 Å². The lowest BCUT2D eigenvalue weighted by atomic mass is 10.2. The molecule has 98 valence electrons. The van der Waals surface area contributed by atoms with E-state index in [2.05, 4.69) is 11.9 Å². The van der Waals surface area contributed by atoms with Crippen molar-refractivity contribution in [2.24, 2.45) is 0 Å². The normalized spacial score (nSPS) is 11.4. The first-order valence-electron chi connectivity index (χ1n) is 5.89. The van der Waals surface area contributed by atoms with Gasteiger partial charge in [0.05, 0.1) is 13.7 Å². The van der Waals surface area contributed by atoms with Gasteiger partial charge >= 0.3 is 5.97 Å². The number of anilines is 1. The molecule has 0 aliphatic carbocycles. The molecule has 0 heterocycles. The van der Waals surface area contributed by atoms with Crippen molar-refractivity contribution in [2.75, 3.05) is 19.0 Å². The summed E-state index contributed by atoms with van der Waals surface area (Å²) in [6.45, 7) is 5.80. The highest BCUT2D eigenvalue weighted by Gasteiger charge is 2.17. The van der Waals surface area contributed by atoms with Crippen LogP contribution in [0.3, 0.4) is 0 Å². The van der Waals surface area contributed by atoms with Crippen molar-refractivity contribution >= 4 is 11.7 Å². The minimum absolute atomic E-state index is 0.270. The van der Waals surface area contributed by atoms with Crippen LogP contribution >= 0.6 is 0 Å². The molecule has 0 amide bonds. The summed E-state index contributed by atoms with van der Waals surface area (Å²) >= 11 is 0. The maximum absolute atomic E-state index is 11.7. The van der Waals surface area contributed by atoms with Gasteiger partial charge in [-0.2, -0.15) is 0 Å². The van der Waals surface area contributed by atoms with Gasteiger partial charge in [-0.25, -0.2) is 4.79 Å². The summed E-state index contributed by atoms with van der Waals surface area (Å²) in [6, 6.07) is 6.97. The number of nitrogens with one attached hydrogen (secondary N) is 1. The molecule has 4 nitrogen and oxygen atoms in total. The van der Waals surface area contributed by atoms with Gasteiger partial charge in [-0.05, 0) is 37.6 Å². The van der Waals surface area contributed by atoms with E-state index in [0.29, 0.717) is 13.0 Å². The largest absolute Gasteiger partial charge is 0.497 e. The van der Waals surface area contributed by atoms with Crippen LogP contribution in [0.2, 0.25) is 0 Å². The second-order valence-electron chi connectivity index (χ2n) is 3.70. The van der Waals surface area contributed by atoms with Crippen LogP contribution < -0.4 is 10.1 Å². The highest BCUT2D eigenvalue weighted by Crippen LogP contribution is 2.16. The lowest BCUT2D eigenvalue weighted by molar-refractivity contribution is -0.143. The molecule has 1 aromatic rings. The Morgan fingerprint density at radius 2 is 2.11 bits per heavy atom. The number of carbonyl (C=O) groups is 1. The average molecular weight is 249 g/mol. The summed E-state index contributed by atoms with van der Waals surface area (Å²) < 4.78 is 10.1. The van der Waals surface area contributed by atoms with E-state index in [-0.39, 0.29) is 5.97 Å². The molecule has 0 fully saturated rings. The van der Waals surface area contributed by atoms with Gasteiger partial charge in [0.1, 0.15) is 11.8 Å². The van der Waals surface area contributed by atoms with Gasteiger partial charge in [0, 0.05) is 5.69 Å². The Hall–Kier alpha value is -1.97. The Bertz CT molecular complexity index is 387. The van der Waals surface area contributed by atoms with Crippen molar-refractivity contribution in [3.05, 3.63) is 36.9 Å². The van der Waals surface area contributed by atoms with Gasteiger partial charge in [0.15, 0.2) is 0 Å². The van der Waals surface area contributed by atoms with Crippen molar-refractivity contribution < 1.29 is 14.3 Å². The number of hydrogen-bond acceptors (Lipinski definition) is 4. The summed E-state index contributed by atoms with van der Waals surface area (Å²) in [5.74, 6) is 0.505. The molecule has 0 saturated heterocycles. The lowest BCUT2D eigenvalue weighted by Gasteiger charge is -2.17. The van der Waals surface area contributed by atoms with Crippen LogP contribution in [0.1, 0.15) is 13.3 Å². The van der Waals surface area contributed by atoms with E-state index in [1.165, 1.54) is 0 Å². The molecule has 0 aliphatic rings. The highest BCUT2D eigenvalue weighted by atomic mass is 16.5. The lowest BCUT2D eigenvalue weighted by Crippen LogP contribution is -2.30. The molecule has 1 rings (SSSR count). The Morgan fingerprint density at radius 1 is 1.44 bits per heavy atom. The molecule has 1 unspecified atom stereocenters. The van der Waals surface area contributed by atoms with Crippen molar-refractivity contribution in [1.29, 1.82) is 0 Å². The second kappa shape index (κ2) is 7.37. The Kier molecular flexibility index (Phi) is 5.77. The standard InChI is InChI=1S/C14H19NO3/c1-4-6-13(14(16)18-5-2)15-11-7-9-12(17-3)10-8-11/h4,7-10,13,15H,1,5-6H2,2-3H3. The van der Waals surface area contributed by atoms with Crippen molar-refractivity contribution in [3.63, 3.8) is 0 Å². The van der Waals surface area contributed by atoms with E-state index in [1.54, 1.807) is 20.1 Å². The van der Waals surface area contributed by atoms with Crippen LogP contribution in [0.15, 0.2) is 36.9 Å². The first-order chi connectivity index (χ1) is 8.71. The van der Waals surface area contributed by atoms with Gasteiger partial charge < -0.3 is 14.8 Å². The number of hydrogen-bond donors (Lipinski definition) is 1. The molecule has 0 spiro atoms. The zero-order valence-electron chi connectivity index (χ0n) is 10.8. The minimum atomic E-state index is -0.407. The third kappa shape index (κ3) is 4.13. The molecule has 0 bridgehead atoms. The van der Waals surface area contributed by atoms with Gasteiger partial charge in [-0.15, -0.1) is 6.58 Å². The molecule has 0 saturated carbocycles. The smallest absolute Gasteiger partial charge is 0.328 e. The molecular formula is C14H19NO3. The fourth-order valence-electron chi connectivity index (χ4n) is 1.51. The zero-order valence-corrected chi connectivity index (χ0v) is 10.8. The number of rotatable bonds is 7. The number of benzene rings is 1. The Labute approximate surface area is 108 Å². The van der Waals surface area contributed by atoms with E-state index in [1.807, 2.05) is 24.3 Å². The Balaban J connectivity index is 2.69. The number of carbonyl (C=O) groups excluding carboxylic acids is 1. The molecular weight excluding hydrogens is 230 g/mol. The summed E-state index contributed by atoms with van der Waals surface area (Å²) in [6.07, 6.45) is 2.21. The molecule has 1 aromatic carbocycles. The summed E-state index contributed by atoms with van der Waals surface area (Å²) in [4.78, 5) is 11.7. The maximum Gasteiger partial charge on any atom is 0.328 e. The molecule has 0 aliphatic heterocycles. The van der Waals surface area contributed by atoms with Crippen molar-refractivity contribution in [3.8, 4) is 5.75 Å². The van der Waals surface area contributed by atoms with Crippen LogP contribution in [-0.4, -0.2) is 25.7 Å². The van der Waals surface area contributed by atoms with Crippen LogP contribution in [0.5, 0.6) is 5.75 Å². The van der Waals surface area contributed by atoms with Crippen LogP contribution in [0, 0.1) is 0 Å². The van der Waals surface area contributed by atoms with E-state index in [4.69, 9.17) is 9.47 Å².